The number of rotatable bonds is 4. The summed E-state index contributed by atoms with van der Waals surface area (Å²) in [5.74, 6) is 3.34. The average Bonchev–Trinajstić information content (AvgIpc) is 3.38. The second kappa shape index (κ2) is 8.17. The third-order valence-corrected chi connectivity index (χ3v) is 9.59. The molecular formula is C27H30F3N7O. The number of aromatic nitrogens is 4. The zero-order chi connectivity index (χ0) is 26.3. The van der Waals surface area contributed by atoms with Gasteiger partial charge in [-0.2, -0.15) is 18.4 Å². The summed E-state index contributed by atoms with van der Waals surface area (Å²) in [6.45, 7) is 3.12. The molecular weight excluding hydrogens is 495 g/mol. The van der Waals surface area contributed by atoms with E-state index >= 15 is 0 Å². The molecule has 7 rings (SSSR count). The molecule has 2 aromatic rings. The molecule has 8 nitrogen and oxygen atoms in total. The lowest BCUT2D eigenvalue weighted by Gasteiger charge is -2.60. The van der Waals surface area contributed by atoms with E-state index < -0.39 is 11.9 Å². The number of hydrogen-bond donors (Lipinski definition) is 1. The van der Waals surface area contributed by atoms with Gasteiger partial charge in [0.25, 0.3) is 0 Å². The van der Waals surface area contributed by atoms with Gasteiger partial charge in [-0.3, -0.25) is 4.98 Å². The van der Waals surface area contributed by atoms with Crippen LogP contribution in [0.15, 0.2) is 12.3 Å². The van der Waals surface area contributed by atoms with E-state index in [9.17, 15) is 23.2 Å². The Morgan fingerprint density at radius 3 is 2.32 bits per heavy atom. The Morgan fingerprint density at radius 1 is 1.03 bits per heavy atom. The molecule has 0 radical (unpaired) electrons. The molecule has 5 aliphatic rings. The van der Waals surface area contributed by atoms with Crippen LogP contribution < -0.4 is 0 Å². The van der Waals surface area contributed by atoms with Gasteiger partial charge in [-0.05, 0) is 68.9 Å². The fourth-order valence-corrected chi connectivity index (χ4v) is 7.45. The van der Waals surface area contributed by atoms with Crippen molar-refractivity contribution in [2.45, 2.75) is 69.4 Å². The Morgan fingerprint density at radius 2 is 1.68 bits per heavy atom. The molecule has 4 heterocycles. The lowest BCUT2D eigenvalue weighted by Crippen LogP contribution is -2.69. The first kappa shape index (κ1) is 23.9. The standard InChI is InChI=1S/C27H30F3N7O/c28-27(29,30)21-6-18(10-31)19(11-32-21)5-16-3-4-25(7-16)12-36(13-25)24(38)37-14-26(15-37)8-20(9-26)23-33-22(34-35-23)17-1-2-17/h6,11,16-17,20H,1-5,7-9,12-15H2,(H,33,34,35)/t16-/m1/s1. The molecule has 2 saturated heterocycles. The lowest BCUT2D eigenvalue weighted by molar-refractivity contribution is -0.141. The van der Waals surface area contributed by atoms with Gasteiger partial charge in [0, 0.05) is 55.0 Å². The van der Waals surface area contributed by atoms with Crippen LogP contribution in [0, 0.1) is 28.1 Å². The Bertz CT molecular complexity index is 1310. The van der Waals surface area contributed by atoms with Gasteiger partial charge in [-0.1, -0.05) is 0 Å². The number of nitriles is 1. The molecule has 5 fully saturated rings. The second-order valence-electron chi connectivity index (χ2n) is 12.6. The van der Waals surface area contributed by atoms with Gasteiger partial charge in [0.05, 0.1) is 11.6 Å². The maximum atomic E-state index is 13.1. The summed E-state index contributed by atoms with van der Waals surface area (Å²) in [7, 11) is 0. The minimum atomic E-state index is -4.56. The predicted octanol–water partition coefficient (Wildman–Crippen LogP) is 4.61. The highest BCUT2D eigenvalue weighted by Crippen LogP contribution is 2.56. The Hall–Kier alpha value is -3.16. The first-order chi connectivity index (χ1) is 18.1. The quantitative estimate of drug-likeness (QED) is 0.628. The van der Waals surface area contributed by atoms with Gasteiger partial charge < -0.3 is 14.8 Å². The molecule has 2 spiro atoms. The van der Waals surface area contributed by atoms with E-state index in [1.807, 2.05) is 15.9 Å². The molecule has 1 N–H and O–H groups in total. The number of aromatic amines is 1. The molecule has 3 saturated carbocycles. The predicted molar refractivity (Wildman–Crippen MR) is 129 cm³/mol. The van der Waals surface area contributed by atoms with E-state index in [0.29, 0.717) is 23.8 Å². The summed E-state index contributed by atoms with van der Waals surface area (Å²) in [6.07, 6.45) is 4.61. The molecule has 2 aromatic heterocycles. The van der Waals surface area contributed by atoms with Gasteiger partial charge in [-0.25, -0.2) is 4.79 Å². The first-order valence-electron chi connectivity index (χ1n) is 13.6. The van der Waals surface area contributed by atoms with Crippen molar-refractivity contribution in [2.75, 3.05) is 26.2 Å². The van der Waals surface area contributed by atoms with E-state index in [0.717, 1.165) is 76.0 Å². The molecule has 0 unspecified atom stereocenters. The highest BCUT2D eigenvalue weighted by Gasteiger charge is 2.57. The number of likely N-dealkylation sites (tertiary alicyclic amines) is 2. The number of nitrogens with zero attached hydrogens (tertiary/aromatic N) is 6. The van der Waals surface area contributed by atoms with Crippen molar-refractivity contribution in [1.29, 1.82) is 5.26 Å². The van der Waals surface area contributed by atoms with Crippen LogP contribution in [0.3, 0.4) is 0 Å². The molecule has 2 aliphatic heterocycles. The number of carbonyl (C=O) groups excluding carboxylic acids is 1. The molecule has 0 aromatic carbocycles. The van der Waals surface area contributed by atoms with E-state index in [2.05, 4.69) is 20.2 Å². The molecule has 0 bridgehead atoms. The van der Waals surface area contributed by atoms with Crippen LogP contribution in [-0.4, -0.2) is 62.2 Å². The van der Waals surface area contributed by atoms with Crippen LogP contribution in [0.25, 0.3) is 0 Å². The zero-order valence-electron chi connectivity index (χ0n) is 21.1. The summed E-state index contributed by atoms with van der Waals surface area (Å²) < 4.78 is 38.9. The molecule has 38 heavy (non-hydrogen) atoms. The number of urea groups is 1. The van der Waals surface area contributed by atoms with Crippen LogP contribution in [0.4, 0.5) is 18.0 Å². The number of amides is 2. The lowest BCUT2D eigenvalue weighted by atomic mass is 9.57. The summed E-state index contributed by atoms with van der Waals surface area (Å²) in [4.78, 5) is 24.0. The van der Waals surface area contributed by atoms with Crippen molar-refractivity contribution in [3.8, 4) is 6.07 Å². The highest BCUT2D eigenvalue weighted by molar-refractivity contribution is 5.77. The van der Waals surface area contributed by atoms with E-state index in [1.54, 1.807) is 0 Å². The minimum absolute atomic E-state index is 0.0512. The van der Waals surface area contributed by atoms with Gasteiger partial charge in [0.15, 0.2) is 0 Å². The SMILES string of the molecule is N#Cc1cc(C(F)(F)F)ncc1C[C@H]1CCC2(C1)CN(C(=O)N1CC3(CC(c4nnc(C5CC5)[nH]4)C3)C1)C2. The number of halogens is 3. The average molecular weight is 526 g/mol. The number of carbonyl (C=O) groups is 1. The molecule has 1 atom stereocenters. The smallest absolute Gasteiger partial charge is 0.328 e. The fraction of sp³-hybridized carbons (Fsp3) is 0.667. The van der Waals surface area contributed by atoms with E-state index in [1.165, 1.54) is 19.0 Å². The molecule has 200 valence electrons. The number of H-pyrrole nitrogens is 1. The minimum Gasteiger partial charge on any atom is -0.328 e. The van der Waals surface area contributed by atoms with Crippen LogP contribution in [0.2, 0.25) is 0 Å². The summed E-state index contributed by atoms with van der Waals surface area (Å²) >= 11 is 0. The maximum Gasteiger partial charge on any atom is 0.433 e. The molecule has 3 aliphatic carbocycles. The number of nitrogens with one attached hydrogen (secondary N) is 1. The van der Waals surface area contributed by atoms with Crippen molar-refractivity contribution >= 4 is 6.03 Å². The monoisotopic (exact) mass is 525 g/mol. The number of pyridine rings is 1. The van der Waals surface area contributed by atoms with Crippen LogP contribution >= 0.6 is 0 Å². The van der Waals surface area contributed by atoms with Gasteiger partial charge in [0.1, 0.15) is 17.3 Å². The van der Waals surface area contributed by atoms with Crippen molar-refractivity contribution in [3.05, 3.63) is 40.7 Å². The maximum absolute atomic E-state index is 13.1. The van der Waals surface area contributed by atoms with Gasteiger partial charge >= 0.3 is 12.2 Å². The molecule has 11 heteroatoms. The third kappa shape index (κ3) is 4.03. The molecule has 2 amide bonds. The number of hydrogen-bond acceptors (Lipinski definition) is 5. The van der Waals surface area contributed by atoms with Gasteiger partial charge in [0.2, 0.25) is 0 Å². The Kier molecular flexibility index (Phi) is 5.14. The third-order valence-electron chi connectivity index (χ3n) is 9.59. The summed E-state index contributed by atoms with van der Waals surface area (Å²) in [6, 6.07) is 2.89. The summed E-state index contributed by atoms with van der Waals surface area (Å²) in [5, 5.41) is 18.0. The van der Waals surface area contributed by atoms with Crippen molar-refractivity contribution in [1.82, 2.24) is 30.0 Å². The van der Waals surface area contributed by atoms with Crippen molar-refractivity contribution < 1.29 is 18.0 Å². The fourth-order valence-electron chi connectivity index (χ4n) is 7.45. The first-order valence-corrected chi connectivity index (χ1v) is 13.6. The Balaban J connectivity index is 0.882. The van der Waals surface area contributed by atoms with Gasteiger partial charge in [-0.15, -0.1) is 10.2 Å². The van der Waals surface area contributed by atoms with Crippen molar-refractivity contribution in [3.63, 3.8) is 0 Å². The zero-order valence-corrected chi connectivity index (χ0v) is 21.1. The van der Waals surface area contributed by atoms with Crippen LogP contribution in [0.5, 0.6) is 0 Å². The summed E-state index contributed by atoms with van der Waals surface area (Å²) in [5.41, 5.74) is -0.0620. The normalized spacial score (nSPS) is 25.7. The number of alkyl halides is 3. The topological polar surface area (TPSA) is 102 Å². The highest BCUT2D eigenvalue weighted by atomic mass is 19.4. The van der Waals surface area contributed by atoms with Crippen molar-refractivity contribution in [2.24, 2.45) is 16.7 Å². The van der Waals surface area contributed by atoms with E-state index in [4.69, 9.17) is 0 Å². The second-order valence-corrected chi connectivity index (χ2v) is 12.6. The van der Waals surface area contributed by atoms with Crippen LogP contribution in [-0.2, 0) is 12.6 Å². The van der Waals surface area contributed by atoms with Crippen LogP contribution in [0.1, 0.15) is 85.3 Å². The largest absolute Gasteiger partial charge is 0.433 e. The van der Waals surface area contributed by atoms with E-state index in [-0.39, 0.29) is 28.3 Å². The Labute approximate surface area is 218 Å².